The van der Waals surface area contributed by atoms with E-state index in [1.54, 1.807) is 18.2 Å². The van der Waals surface area contributed by atoms with Crippen LogP contribution in [0.15, 0.2) is 36.4 Å². The van der Waals surface area contributed by atoms with Gasteiger partial charge in [0.05, 0.1) is 5.56 Å². The van der Waals surface area contributed by atoms with Gasteiger partial charge in [0.1, 0.15) is 0 Å². The molecule has 0 aliphatic heterocycles. The largest absolute Gasteiger partial charge is 0.417 e. The minimum Gasteiger partial charge on any atom is -0.166 e. The van der Waals surface area contributed by atoms with E-state index in [4.69, 9.17) is 0 Å². The zero-order valence-electron chi connectivity index (χ0n) is 8.10. The number of halogens is 3. The van der Waals surface area contributed by atoms with E-state index in [0.29, 0.717) is 5.39 Å². The van der Waals surface area contributed by atoms with Gasteiger partial charge in [-0.25, -0.2) is 0 Å². The number of benzene rings is 2. The molecule has 0 saturated carbocycles. The van der Waals surface area contributed by atoms with E-state index in [1.807, 2.05) is 6.92 Å². The zero-order chi connectivity index (χ0) is 11.1. The van der Waals surface area contributed by atoms with Crippen LogP contribution >= 0.6 is 0 Å². The molecule has 0 bridgehead atoms. The van der Waals surface area contributed by atoms with Gasteiger partial charge in [-0.15, -0.1) is 0 Å². The minimum atomic E-state index is -4.28. The fourth-order valence-electron chi connectivity index (χ4n) is 1.65. The molecule has 0 heterocycles. The Kier molecular flexibility index (Phi) is 2.18. The van der Waals surface area contributed by atoms with Crippen LogP contribution in [0, 0.1) is 6.92 Å². The standard InChI is InChI=1S/C12H9F3/c1-8-5-6-10-9(7-8)3-2-4-11(10)12(13,14)15/h2-7H,1H3. The Hall–Kier alpha value is -1.51. The summed E-state index contributed by atoms with van der Waals surface area (Å²) in [5.74, 6) is 0. The molecule has 0 aliphatic rings. The Morgan fingerprint density at radius 1 is 1.00 bits per heavy atom. The lowest BCUT2D eigenvalue weighted by Crippen LogP contribution is -2.05. The molecule has 0 N–H and O–H groups in total. The molecule has 0 nitrogen and oxygen atoms in total. The first-order valence-electron chi connectivity index (χ1n) is 4.55. The van der Waals surface area contributed by atoms with Gasteiger partial charge < -0.3 is 0 Å². The van der Waals surface area contributed by atoms with Gasteiger partial charge in [0, 0.05) is 0 Å². The van der Waals surface area contributed by atoms with Gasteiger partial charge in [0.15, 0.2) is 0 Å². The molecule has 0 fully saturated rings. The lowest BCUT2D eigenvalue weighted by molar-refractivity contribution is -0.136. The van der Waals surface area contributed by atoms with Gasteiger partial charge in [-0.05, 0) is 23.8 Å². The van der Waals surface area contributed by atoms with Crippen molar-refractivity contribution in [1.29, 1.82) is 0 Å². The molecule has 2 aromatic rings. The lowest BCUT2D eigenvalue weighted by atomic mass is 10.0. The Labute approximate surface area is 85.3 Å². The summed E-state index contributed by atoms with van der Waals surface area (Å²) in [4.78, 5) is 0. The minimum absolute atomic E-state index is 0.260. The highest BCUT2D eigenvalue weighted by molar-refractivity contribution is 5.86. The second-order valence-corrected chi connectivity index (χ2v) is 3.53. The van der Waals surface area contributed by atoms with Crippen molar-refractivity contribution in [2.75, 3.05) is 0 Å². The van der Waals surface area contributed by atoms with Crippen molar-refractivity contribution < 1.29 is 13.2 Å². The number of aryl methyl sites for hydroxylation is 1. The summed E-state index contributed by atoms with van der Waals surface area (Å²) in [5.41, 5.74) is 0.391. The lowest BCUT2D eigenvalue weighted by Gasteiger charge is -2.10. The molecule has 2 rings (SSSR count). The molecule has 15 heavy (non-hydrogen) atoms. The summed E-state index contributed by atoms with van der Waals surface area (Å²) in [6.07, 6.45) is -4.28. The molecule has 0 spiro atoms. The van der Waals surface area contributed by atoms with Gasteiger partial charge >= 0.3 is 6.18 Å². The smallest absolute Gasteiger partial charge is 0.166 e. The third kappa shape index (κ3) is 1.82. The first-order valence-corrected chi connectivity index (χ1v) is 4.55. The third-order valence-corrected chi connectivity index (χ3v) is 2.34. The summed E-state index contributed by atoms with van der Waals surface area (Å²) in [6.45, 7) is 1.86. The normalized spacial score (nSPS) is 12.0. The average Bonchev–Trinajstić information content (AvgIpc) is 2.15. The van der Waals surface area contributed by atoms with E-state index in [1.165, 1.54) is 12.1 Å². The van der Waals surface area contributed by atoms with E-state index < -0.39 is 11.7 Å². The van der Waals surface area contributed by atoms with Crippen molar-refractivity contribution in [3.63, 3.8) is 0 Å². The zero-order valence-corrected chi connectivity index (χ0v) is 8.10. The maximum absolute atomic E-state index is 12.6. The van der Waals surface area contributed by atoms with E-state index in [9.17, 15) is 13.2 Å². The van der Waals surface area contributed by atoms with Gasteiger partial charge in [0.2, 0.25) is 0 Å². The van der Waals surface area contributed by atoms with E-state index in [-0.39, 0.29) is 5.39 Å². The van der Waals surface area contributed by atoms with Crippen LogP contribution in [0.2, 0.25) is 0 Å². The Bertz CT molecular complexity index is 498. The van der Waals surface area contributed by atoms with Crippen molar-refractivity contribution in [1.82, 2.24) is 0 Å². The molecule has 0 radical (unpaired) electrons. The van der Waals surface area contributed by atoms with Gasteiger partial charge in [0.25, 0.3) is 0 Å². The first-order chi connectivity index (χ1) is 6.98. The maximum Gasteiger partial charge on any atom is 0.417 e. The maximum atomic E-state index is 12.6. The van der Waals surface area contributed by atoms with Crippen LogP contribution in [0.4, 0.5) is 13.2 Å². The molecule has 2 aromatic carbocycles. The topological polar surface area (TPSA) is 0 Å². The predicted molar refractivity (Wildman–Crippen MR) is 53.7 cm³/mol. The van der Waals surface area contributed by atoms with Gasteiger partial charge in [-0.1, -0.05) is 35.9 Å². The monoisotopic (exact) mass is 210 g/mol. The van der Waals surface area contributed by atoms with Crippen molar-refractivity contribution in [3.05, 3.63) is 47.5 Å². The average molecular weight is 210 g/mol. The van der Waals surface area contributed by atoms with Crippen molar-refractivity contribution >= 4 is 10.8 Å². The highest BCUT2D eigenvalue weighted by Gasteiger charge is 2.32. The molecular formula is C12H9F3. The highest BCUT2D eigenvalue weighted by atomic mass is 19.4. The van der Waals surface area contributed by atoms with Gasteiger partial charge in [-0.2, -0.15) is 13.2 Å². The Balaban J connectivity index is 2.77. The summed E-state index contributed by atoms with van der Waals surface area (Å²) in [7, 11) is 0. The summed E-state index contributed by atoms with van der Waals surface area (Å²) >= 11 is 0. The quantitative estimate of drug-likeness (QED) is 0.612. The number of rotatable bonds is 0. The molecule has 0 aromatic heterocycles. The summed E-state index contributed by atoms with van der Waals surface area (Å²) in [5, 5.41) is 0.889. The molecule has 3 heteroatoms. The number of fused-ring (bicyclic) bond motifs is 1. The molecular weight excluding hydrogens is 201 g/mol. The van der Waals surface area contributed by atoms with Crippen LogP contribution in [-0.4, -0.2) is 0 Å². The highest BCUT2D eigenvalue weighted by Crippen LogP contribution is 2.34. The van der Waals surface area contributed by atoms with Gasteiger partial charge in [-0.3, -0.25) is 0 Å². The molecule has 0 saturated heterocycles. The number of hydrogen-bond donors (Lipinski definition) is 0. The fraction of sp³-hybridized carbons (Fsp3) is 0.167. The molecule has 0 amide bonds. The van der Waals surface area contributed by atoms with E-state index in [0.717, 1.165) is 11.6 Å². The number of hydrogen-bond acceptors (Lipinski definition) is 0. The molecule has 78 valence electrons. The molecule has 0 unspecified atom stereocenters. The second kappa shape index (κ2) is 3.26. The van der Waals surface area contributed by atoms with E-state index in [2.05, 4.69) is 0 Å². The predicted octanol–water partition coefficient (Wildman–Crippen LogP) is 4.17. The van der Waals surface area contributed by atoms with Crippen LogP contribution in [0.5, 0.6) is 0 Å². The van der Waals surface area contributed by atoms with E-state index >= 15 is 0 Å². The Morgan fingerprint density at radius 3 is 2.40 bits per heavy atom. The van der Waals surface area contributed by atoms with Crippen LogP contribution < -0.4 is 0 Å². The fourth-order valence-corrected chi connectivity index (χ4v) is 1.65. The number of alkyl halides is 3. The summed E-state index contributed by atoms with van der Waals surface area (Å²) in [6, 6.07) is 9.20. The van der Waals surface area contributed by atoms with Crippen molar-refractivity contribution in [2.24, 2.45) is 0 Å². The summed E-state index contributed by atoms with van der Waals surface area (Å²) < 4.78 is 37.9. The van der Waals surface area contributed by atoms with Crippen LogP contribution in [0.25, 0.3) is 10.8 Å². The van der Waals surface area contributed by atoms with Crippen LogP contribution in [0.3, 0.4) is 0 Å². The SMILES string of the molecule is Cc1ccc2c(C(F)(F)F)cccc2c1. The first kappa shape index (κ1) is 10.0. The van der Waals surface area contributed by atoms with Crippen molar-refractivity contribution in [3.8, 4) is 0 Å². The second-order valence-electron chi connectivity index (χ2n) is 3.53. The van der Waals surface area contributed by atoms with Crippen LogP contribution in [-0.2, 0) is 6.18 Å². The van der Waals surface area contributed by atoms with Crippen molar-refractivity contribution in [2.45, 2.75) is 13.1 Å². The molecule has 0 aliphatic carbocycles. The third-order valence-electron chi connectivity index (χ3n) is 2.34. The van der Waals surface area contributed by atoms with Crippen LogP contribution in [0.1, 0.15) is 11.1 Å². The molecule has 0 atom stereocenters. The Morgan fingerprint density at radius 2 is 1.73 bits per heavy atom.